The molecule has 1 saturated heterocycles. The molecule has 3 aromatic heterocycles. The Balaban J connectivity index is 1.63. The van der Waals surface area contributed by atoms with E-state index in [0.717, 1.165) is 30.4 Å². The molecule has 1 aromatic carbocycles. The second-order valence-corrected chi connectivity index (χ2v) is 7.90. The lowest BCUT2D eigenvalue weighted by Crippen LogP contribution is -2.23. The van der Waals surface area contributed by atoms with Crippen LogP contribution in [0, 0.1) is 11.6 Å². The number of pyridine rings is 1. The lowest BCUT2D eigenvalue weighted by atomic mass is 10.2. The Morgan fingerprint density at radius 3 is 2.77 bits per heavy atom. The van der Waals surface area contributed by atoms with Gasteiger partial charge >= 0.3 is 0 Å². The molecule has 0 bridgehead atoms. The van der Waals surface area contributed by atoms with Crippen LogP contribution in [0.4, 0.5) is 26.0 Å². The summed E-state index contributed by atoms with van der Waals surface area (Å²) in [5.74, 6) is 0.0446. The van der Waals surface area contributed by atoms with Crippen molar-refractivity contribution < 1.29 is 8.78 Å². The number of rotatable bonds is 5. The molecule has 0 radical (unpaired) electrons. The van der Waals surface area contributed by atoms with Gasteiger partial charge in [-0.05, 0) is 31.2 Å². The number of para-hydroxylation sites is 1. The number of halogens is 2. The van der Waals surface area contributed by atoms with Gasteiger partial charge in [-0.15, -0.1) is 11.3 Å². The molecule has 0 unspecified atom stereocenters. The van der Waals surface area contributed by atoms with Crippen LogP contribution in [0.25, 0.3) is 21.6 Å². The van der Waals surface area contributed by atoms with E-state index < -0.39 is 5.82 Å². The van der Waals surface area contributed by atoms with Crippen LogP contribution in [0.1, 0.15) is 6.42 Å². The van der Waals surface area contributed by atoms with Crippen LogP contribution >= 0.6 is 11.3 Å². The van der Waals surface area contributed by atoms with E-state index in [4.69, 9.17) is 0 Å². The summed E-state index contributed by atoms with van der Waals surface area (Å²) in [5.41, 5.74) is 1.87. The van der Waals surface area contributed by atoms with Crippen molar-refractivity contribution in [3.05, 3.63) is 59.7 Å². The molecule has 1 aliphatic heterocycles. The Kier molecular flexibility index (Phi) is 4.97. The molecule has 0 amide bonds. The predicted octanol–water partition coefficient (Wildman–Crippen LogP) is 4.55. The van der Waals surface area contributed by atoms with E-state index in [2.05, 4.69) is 30.9 Å². The van der Waals surface area contributed by atoms with Crippen molar-refractivity contribution in [1.29, 1.82) is 0 Å². The highest BCUT2D eigenvalue weighted by Gasteiger charge is 2.21. The zero-order valence-electron chi connectivity index (χ0n) is 15.8. The molecule has 3 N–H and O–H groups in total. The molecule has 0 saturated carbocycles. The monoisotopic (exact) mass is 424 g/mol. The number of anilines is 3. The summed E-state index contributed by atoms with van der Waals surface area (Å²) in [6.07, 6.45) is 3.62. The van der Waals surface area contributed by atoms with Gasteiger partial charge in [0.15, 0.2) is 11.6 Å². The molecule has 6 nitrogen and oxygen atoms in total. The molecule has 4 heterocycles. The molecule has 9 heteroatoms. The van der Waals surface area contributed by atoms with E-state index in [1.165, 1.54) is 23.6 Å². The SMILES string of the molecule is Fc1ccccc1Nc1csc2c(N[C@@H]3CCNC3)nc(-c3ccncc3F)nc12. The Bertz CT molecular complexity index is 1210. The van der Waals surface area contributed by atoms with Crippen LogP contribution in [0.2, 0.25) is 0 Å². The minimum atomic E-state index is -0.496. The maximum atomic E-state index is 14.4. The molecular weight excluding hydrogens is 406 g/mol. The van der Waals surface area contributed by atoms with E-state index in [1.54, 1.807) is 24.3 Å². The van der Waals surface area contributed by atoms with Crippen molar-refractivity contribution in [2.45, 2.75) is 12.5 Å². The second kappa shape index (κ2) is 7.92. The van der Waals surface area contributed by atoms with E-state index in [9.17, 15) is 8.78 Å². The van der Waals surface area contributed by atoms with Gasteiger partial charge in [0.2, 0.25) is 0 Å². The van der Waals surface area contributed by atoms with Gasteiger partial charge in [-0.25, -0.2) is 18.7 Å². The standard InChI is InChI=1S/C21H18F2N6S/c22-14-3-1-2-4-16(14)27-17-11-30-19-18(17)28-20(13-6-8-25-10-15(13)23)29-21(19)26-12-5-7-24-9-12/h1-4,6,8,10-12,24,27H,5,7,9H2,(H,26,28,29)/t12-/m1/s1. The molecule has 1 fully saturated rings. The van der Waals surface area contributed by atoms with Crippen LogP contribution in [0.15, 0.2) is 48.1 Å². The third-order valence-electron chi connectivity index (χ3n) is 4.97. The summed E-state index contributed by atoms with van der Waals surface area (Å²) in [6.45, 7) is 1.76. The maximum Gasteiger partial charge on any atom is 0.165 e. The second-order valence-electron chi connectivity index (χ2n) is 7.02. The highest BCUT2D eigenvalue weighted by atomic mass is 32.1. The van der Waals surface area contributed by atoms with Gasteiger partial charge < -0.3 is 16.0 Å². The van der Waals surface area contributed by atoms with Crippen molar-refractivity contribution in [3.8, 4) is 11.4 Å². The van der Waals surface area contributed by atoms with Crippen molar-refractivity contribution in [1.82, 2.24) is 20.3 Å². The van der Waals surface area contributed by atoms with Crippen LogP contribution in [0.3, 0.4) is 0 Å². The normalized spacial score (nSPS) is 16.1. The largest absolute Gasteiger partial charge is 0.365 e. The zero-order valence-corrected chi connectivity index (χ0v) is 16.6. The van der Waals surface area contributed by atoms with Crippen molar-refractivity contribution in [3.63, 3.8) is 0 Å². The van der Waals surface area contributed by atoms with E-state index in [1.807, 2.05) is 5.38 Å². The average Bonchev–Trinajstić information content (AvgIpc) is 3.40. The fourth-order valence-corrected chi connectivity index (χ4v) is 4.35. The van der Waals surface area contributed by atoms with Gasteiger partial charge in [-0.3, -0.25) is 4.98 Å². The molecule has 1 aliphatic rings. The predicted molar refractivity (Wildman–Crippen MR) is 115 cm³/mol. The van der Waals surface area contributed by atoms with Gasteiger partial charge in [0.05, 0.1) is 27.8 Å². The number of benzene rings is 1. The Morgan fingerprint density at radius 1 is 1.07 bits per heavy atom. The summed E-state index contributed by atoms with van der Waals surface area (Å²) >= 11 is 1.46. The van der Waals surface area contributed by atoms with Gasteiger partial charge in [0.25, 0.3) is 0 Å². The highest BCUT2D eigenvalue weighted by molar-refractivity contribution is 7.18. The summed E-state index contributed by atoms with van der Waals surface area (Å²) < 4.78 is 29.4. The van der Waals surface area contributed by atoms with Crippen LogP contribution in [0.5, 0.6) is 0 Å². The van der Waals surface area contributed by atoms with Crippen molar-refractivity contribution in [2.24, 2.45) is 0 Å². The molecule has 0 aliphatic carbocycles. The smallest absolute Gasteiger partial charge is 0.165 e. The quantitative estimate of drug-likeness (QED) is 0.437. The summed E-state index contributed by atoms with van der Waals surface area (Å²) in [5, 5.41) is 11.8. The van der Waals surface area contributed by atoms with E-state index in [-0.39, 0.29) is 23.2 Å². The summed E-state index contributed by atoms with van der Waals surface area (Å²) in [6, 6.07) is 8.22. The van der Waals surface area contributed by atoms with Gasteiger partial charge in [-0.1, -0.05) is 12.1 Å². The number of aromatic nitrogens is 3. The van der Waals surface area contributed by atoms with E-state index in [0.29, 0.717) is 22.7 Å². The number of nitrogens with one attached hydrogen (secondary N) is 3. The number of nitrogens with zero attached hydrogens (tertiary/aromatic N) is 3. The molecule has 5 rings (SSSR count). The Labute approximate surface area is 175 Å². The molecule has 4 aromatic rings. The van der Waals surface area contributed by atoms with Gasteiger partial charge in [-0.2, -0.15) is 0 Å². The fraction of sp³-hybridized carbons (Fsp3) is 0.190. The first kappa shape index (κ1) is 18.8. The highest BCUT2D eigenvalue weighted by Crippen LogP contribution is 2.37. The van der Waals surface area contributed by atoms with Crippen molar-refractivity contribution >= 4 is 38.7 Å². The Morgan fingerprint density at radius 2 is 1.97 bits per heavy atom. The number of hydrogen-bond acceptors (Lipinski definition) is 7. The number of hydrogen-bond donors (Lipinski definition) is 3. The third-order valence-corrected chi connectivity index (χ3v) is 5.95. The van der Waals surface area contributed by atoms with Crippen LogP contribution < -0.4 is 16.0 Å². The molecule has 30 heavy (non-hydrogen) atoms. The summed E-state index contributed by atoms with van der Waals surface area (Å²) in [4.78, 5) is 13.0. The summed E-state index contributed by atoms with van der Waals surface area (Å²) in [7, 11) is 0. The minimum Gasteiger partial charge on any atom is -0.365 e. The fourth-order valence-electron chi connectivity index (χ4n) is 3.46. The lowest BCUT2D eigenvalue weighted by molar-refractivity contribution is 0.623. The molecule has 152 valence electrons. The third kappa shape index (κ3) is 3.57. The minimum absolute atomic E-state index is 0.225. The number of thiophene rings is 1. The first-order chi connectivity index (χ1) is 14.7. The first-order valence-electron chi connectivity index (χ1n) is 9.57. The first-order valence-corrected chi connectivity index (χ1v) is 10.4. The Hall–Kier alpha value is -3.17. The van der Waals surface area contributed by atoms with Crippen LogP contribution in [-0.2, 0) is 0 Å². The molecule has 0 spiro atoms. The lowest BCUT2D eigenvalue weighted by Gasteiger charge is -2.14. The zero-order chi connectivity index (χ0) is 20.5. The molecule has 1 atom stereocenters. The van der Waals surface area contributed by atoms with Crippen molar-refractivity contribution in [2.75, 3.05) is 23.7 Å². The topological polar surface area (TPSA) is 74.8 Å². The number of fused-ring (bicyclic) bond motifs is 1. The van der Waals surface area contributed by atoms with Gasteiger partial charge in [0, 0.05) is 24.2 Å². The van der Waals surface area contributed by atoms with E-state index >= 15 is 0 Å². The average molecular weight is 424 g/mol. The van der Waals surface area contributed by atoms with Crippen LogP contribution in [-0.4, -0.2) is 34.1 Å². The van der Waals surface area contributed by atoms with Gasteiger partial charge in [0.1, 0.15) is 17.2 Å². The maximum absolute atomic E-state index is 14.4. The molecular formula is C21H18F2N6S.